The first kappa shape index (κ1) is 17.0. The number of carbonyl (C=O) groups excluding carboxylic acids is 1. The van der Waals surface area contributed by atoms with Gasteiger partial charge in [-0.2, -0.15) is 0 Å². The summed E-state index contributed by atoms with van der Waals surface area (Å²) in [6.07, 6.45) is 2.99. The maximum Gasteiger partial charge on any atom is 0.274 e. The van der Waals surface area contributed by atoms with Crippen molar-refractivity contribution in [1.29, 1.82) is 0 Å². The number of anilines is 2. The van der Waals surface area contributed by atoms with Crippen LogP contribution in [0.4, 0.5) is 11.5 Å². The maximum atomic E-state index is 12.4. The Hall–Kier alpha value is -1.89. The zero-order valence-corrected chi connectivity index (χ0v) is 14.7. The normalized spacial score (nSPS) is 15.4. The van der Waals surface area contributed by atoms with Gasteiger partial charge < -0.3 is 15.1 Å². The summed E-state index contributed by atoms with van der Waals surface area (Å²) >= 11 is 12.1. The predicted octanol–water partition coefficient (Wildman–Crippen LogP) is 2.91. The molecule has 0 saturated carbocycles. The Morgan fingerprint density at radius 1 is 1.12 bits per heavy atom. The van der Waals surface area contributed by atoms with Crippen LogP contribution in [0.1, 0.15) is 10.5 Å². The third kappa shape index (κ3) is 3.95. The van der Waals surface area contributed by atoms with Crippen LogP contribution >= 0.6 is 23.2 Å². The lowest BCUT2D eigenvalue weighted by atomic mass is 10.3. The van der Waals surface area contributed by atoms with Crippen molar-refractivity contribution >= 4 is 40.6 Å². The van der Waals surface area contributed by atoms with E-state index in [1.54, 1.807) is 23.1 Å². The summed E-state index contributed by atoms with van der Waals surface area (Å²) < 4.78 is 0. The van der Waals surface area contributed by atoms with Crippen LogP contribution in [0.5, 0.6) is 0 Å². The molecule has 1 fully saturated rings. The van der Waals surface area contributed by atoms with Crippen LogP contribution in [0.2, 0.25) is 10.0 Å². The number of nitrogens with zero attached hydrogens (tertiary/aromatic N) is 4. The van der Waals surface area contributed by atoms with E-state index >= 15 is 0 Å². The largest absolute Gasteiger partial charge is 0.338 e. The molecule has 8 heteroatoms. The first-order chi connectivity index (χ1) is 11.5. The number of amides is 1. The van der Waals surface area contributed by atoms with Crippen molar-refractivity contribution in [2.75, 3.05) is 38.5 Å². The lowest BCUT2D eigenvalue weighted by molar-refractivity contribution is 0.0658. The van der Waals surface area contributed by atoms with Gasteiger partial charge in [-0.3, -0.25) is 4.79 Å². The molecule has 1 aromatic carbocycles. The second-order valence-electron chi connectivity index (χ2n) is 5.63. The summed E-state index contributed by atoms with van der Waals surface area (Å²) in [5.74, 6) is 0.400. The number of hydrogen-bond donors (Lipinski definition) is 1. The van der Waals surface area contributed by atoms with E-state index in [2.05, 4.69) is 20.2 Å². The Bertz CT molecular complexity index is 730. The summed E-state index contributed by atoms with van der Waals surface area (Å²) in [6, 6.07) is 5.11. The third-order valence-corrected chi connectivity index (χ3v) is 4.42. The van der Waals surface area contributed by atoms with Crippen molar-refractivity contribution in [3.8, 4) is 0 Å². The molecule has 1 amide bonds. The number of likely N-dealkylation sites (N-methyl/N-ethyl adjacent to an activating group) is 1. The lowest BCUT2D eigenvalue weighted by Gasteiger charge is -2.32. The molecule has 1 saturated heterocycles. The van der Waals surface area contributed by atoms with E-state index in [0.29, 0.717) is 40.3 Å². The van der Waals surface area contributed by atoms with Gasteiger partial charge in [0.15, 0.2) is 0 Å². The van der Waals surface area contributed by atoms with Gasteiger partial charge in [0.25, 0.3) is 5.91 Å². The van der Waals surface area contributed by atoms with Crippen molar-refractivity contribution < 1.29 is 4.79 Å². The molecule has 0 bridgehead atoms. The minimum Gasteiger partial charge on any atom is -0.338 e. The Morgan fingerprint density at radius 2 is 1.88 bits per heavy atom. The van der Waals surface area contributed by atoms with E-state index in [-0.39, 0.29) is 5.91 Å². The van der Waals surface area contributed by atoms with Crippen molar-refractivity contribution in [3.05, 3.63) is 46.3 Å². The number of benzene rings is 1. The Kier molecular flexibility index (Phi) is 5.18. The van der Waals surface area contributed by atoms with Gasteiger partial charge in [-0.1, -0.05) is 23.2 Å². The molecule has 1 N–H and O–H groups in total. The first-order valence-corrected chi connectivity index (χ1v) is 8.30. The van der Waals surface area contributed by atoms with Crippen LogP contribution in [0.25, 0.3) is 0 Å². The van der Waals surface area contributed by atoms with Crippen LogP contribution < -0.4 is 5.32 Å². The smallest absolute Gasteiger partial charge is 0.274 e. The highest BCUT2D eigenvalue weighted by atomic mass is 35.5. The second kappa shape index (κ2) is 7.34. The SMILES string of the molecule is CN1CCN(C(=O)c2cnc(Nc3cc(Cl)ccc3Cl)cn2)CC1. The highest BCUT2D eigenvalue weighted by molar-refractivity contribution is 6.35. The topological polar surface area (TPSA) is 61.4 Å². The molecule has 2 aromatic rings. The van der Waals surface area contributed by atoms with Gasteiger partial charge in [0.1, 0.15) is 11.5 Å². The standard InChI is InChI=1S/C16H17Cl2N5O/c1-22-4-6-23(7-5-22)16(24)14-9-20-15(10-19-14)21-13-8-11(17)2-3-12(13)18/h2-3,8-10H,4-7H2,1H3,(H,20,21). The number of rotatable bonds is 3. The molecule has 0 spiro atoms. The highest BCUT2D eigenvalue weighted by Crippen LogP contribution is 2.27. The molecule has 3 rings (SSSR count). The number of nitrogens with one attached hydrogen (secondary N) is 1. The lowest BCUT2D eigenvalue weighted by Crippen LogP contribution is -2.47. The number of halogens is 2. The fourth-order valence-electron chi connectivity index (χ4n) is 2.41. The van der Waals surface area contributed by atoms with E-state index in [4.69, 9.17) is 23.2 Å². The van der Waals surface area contributed by atoms with Crippen molar-refractivity contribution in [1.82, 2.24) is 19.8 Å². The Balaban J connectivity index is 1.69. The van der Waals surface area contributed by atoms with E-state index in [1.165, 1.54) is 12.4 Å². The van der Waals surface area contributed by atoms with Gasteiger partial charge in [0.05, 0.1) is 23.1 Å². The molecule has 0 aliphatic carbocycles. The van der Waals surface area contributed by atoms with Gasteiger partial charge in [-0.05, 0) is 25.2 Å². The second-order valence-corrected chi connectivity index (χ2v) is 6.48. The van der Waals surface area contributed by atoms with Crippen molar-refractivity contribution in [2.45, 2.75) is 0 Å². The van der Waals surface area contributed by atoms with Gasteiger partial charge in [0.2, 0.25) is 0 Å². The Morgan fingerprint density at radius 3 is 2.54 bits per heavy atom. The average Bonchev–Trinajstić information content (AvgIpc) is 2.59. The van der Waals surface area contributed by atoms with Gasteiger partial charge in [0, 0.05) is 31.2 Å². The fourth-order valence-corrected chi connectivity index (χ4v) is 2.74. The fraction of sp³-hybridized carbons (Fsp3) is 0.312. The molecular formula is C16H17Cl2N5O. The van der Waals surface area contributed by atoms with Crippen LogP contribution in [0.15, 0.2) is 30.6 Å². The molecule has 24 heavy (non-hydrogen) atoms. The quantitative estimate of drug-likeness (QED) is 0.905. The summed E-state index contributed by atoms with van der Waals surface area (Å²) in [7, 11) is 2.04. The van der Waals surface area contributed by atoms with E-state index in [0.717, 1.165) is 13.1 Å². The van der Waals surface area contributed by atoms with Crippen LogP contribution in [0.3, 0.4) is 0 Å². The number of piperazine rings is 1. The Labute approximate surface area is 150 Å². The molecular weight excluding hydrogens is 349 g/mol. The molecule has 1 aliphatic heterocycles. The van der Waals surface area contributed by atoms with Gasteiger partial charge in [-0.25, -0.2) is 9.97 Å². The molecule has 0 atom stereocenters. The molecule has 0 radical (unpaired) electrons. The molecule has 0 unspecified atom stereocenters. The third-order valence-electron chi connectivity index (χ3n) is 3.85. The minimum atomic E-state index is -0.0945. The predicted molar refractivity (Wildman–Crippen MR) is 95.2 cm³/mol. The molecule has 2 heterocycles. The summed E-state index contributed by atoms with van der Waals surface area (Å²) in [5.41, 5.74) is 0.971. The van der Waals surface area contributed by atoms with Gasteiger partial charge >= 0.3 is 0 Å². The van der Waals surface area contributed by atoms with Crippen molar-refractivity contribution in [2.24, 2.45) is 0 Å². The summed E-state index contributed by atoms with van der Waals surface area (Å²) in [4.78, 5) is 24.9. The summed E-state index contributed by atoms with van der Waals surface area (Å²) in [5, 5.41) is 4.14. The van der Waals surface area contributed by atoms with Crippen molar-refractivity contribution in [3.63, 3.8) is 0 Å². The van der Waals surface area contributed by atoms with Crippen LogP contribution in [-0.4, -0.2) is 58.9 Å². The molecule has 1 aliphatic rings. The average molecular weight is 366 g/mol. The number of hydrogen-bond acceptors (Lipinski definition) is 5. The monoisotopic (exact) mass is 365 g/mol. The molecule has 126 valence electrons. The number of aromatic nitrogens is 2. The highest BCUT2D eigenvalue weighted by Gasteiger charge is 2.21. The first-order valence-electron chi connectivity index (χ1n) is 7.55. The van der Waals surface area contributed by atoms with E-state index in [1.807, 2.05) is 7.05 Å². The number of carbonyl (C=O) groups is 1. The maximum absolute atomic E-state index is 12.4. The van der Waals surface area contributed by atoms with Gasteiger partial charge in [-0.15, -0.1) is 0 Å². The zero-order valence-electron chi connectivity index (χ0n) is 13.2. The molecule has 1 aromatic heterocycles. The zero-order chi connectivity index (χ0) is 17.1. The van der Waals surface area contributed by atoms with Crippen LogP contribution in [-0.2, 0) is 0 Å². The van der Waals surface area contributed by atoms with E-state index in [9.17, 15) is 4.79 Å². The molecule has 6 nitrogen and oxygen atoms in total. The van der Waals surface area contributed by atoms with E-state index < -0.39 is 0 Å². The summed E-state index contributed by atoms with van der Waals surface area (Å²) in [6.45, 7) is 3.14. The van der Waals surface area contributed by atoms with Crippen LogP contribution in [0, 0.1) is 0 Å². The minimum absolute atomic E-state index is 0.0945.